The van der Waals surface area contributed by atoms with Crippen LogP contribution in [0.15, 0.2) is 54.6 Å². The highest BCUT2D eigenvalue weighted by molar-refractivity contribution is 5.74. The maximum Gasteiger partial charge on any atom is 0.317 e. The van der Waals surface area contributed by atoms with E-state index >= 15 is 0 Å². The standard InChI is InChI=1S/C21H26N2O4/c1-23(15-17-10-6-7-11-19(17)27-2)21(26)22-18(12-13-20(24)25)14-16-8-4-3-5-9-16/h3-11,18H,12-15H2,1-2H3,(H,22,26)(H,24,25). The molecule has 1 unspecified atom stereocenters. The van der Waals surface area contributed by atoms with Crippen LogP contribution < -0.4 is 10.1 Å². The lowest BCUT2D eigenvalue weighted by Crippen LogP contribution is -2.44. The van der Waals surface area contributed by atoms with Gasteiger partial charge in [-0.15, -0.1) is 0 Å². The number of methoxy groups -OCH3 is 1. The summed E-state index contributed by atoms with van der Waals surface area (Å²) in [5.41, 5.74) is 1.96. The Hall–Kier alpha value is -3.02. The van der Waals surface area contributed by atoms with Crippen molar-refractivity contribution in [3.05, 3.63) is 65.7 Å². The quantitative estimate of drug-likeness (QED) is 0.710. The lowest BCUT2D eigenvalue weighted by molar-refractivity contribution is -0.137. The van der Waals surface area contributed by atoms with Crippen LogP contribution in [-0.2, 0) is 17.8 Å². The summed E-state index contributed by atoms with van der Waals surface area (Å²) >= 11 is 0. The summed E-state index contributed by atoms with van der Waals surface area (Å²) < 4.78 is 5.33. The van der Waals surface area contributed by atoms with E-state index in [1.54, 1.807) is 19.1 Å². The molecule has 0 saturated carbocycles. The van der Waals surface area contributed by atoms with E-state index in [1.807, 2.05) is 54.6 Å². The first-order valence-corrected chi connectivity index (χ1v) is 8.89. The van der Waals surface area contributed by atoms with Gasteiger partial charge in [0.15, 0.2) is 0 Å². The van der Waals surface area contributed by atoms with E-state index in [9.17, 15) is 9.59 Å². The number of hydrogen-bond donors (Lipinski definition) is 2. The highest BCUT2D eigenvalue weighted by atomic mass is 16.5. The van der Waals surface area contributed by atoms with Crippen LogP contribution in [0.1, 0.15) is 24.0 Å². The van der Waals surface area contributed by atoms with E-state index in [1.165, 1.54) is 0 Å². The molecular formula is C21H26N2O4. The molecule has 0 aliphatic carbocycles. The number of nitrogens with zero attached hydrogens (tertiary/aromatic N) is 1. The molecule has 2 aromatic rings. The van der Waals surface area contributed by atoms with Crippen molar-refractivity contribution in [3.63, 3.8) is 0 Å². The number of aliphatic carboxylic acids is 1. The molecule has 6 heteroatoms. The molecule has 2 rings (SSSR count). The first-order chi connectivity index (χ1) is 13.0. The molecule has 0 aliphatic heterocycles. The number of carbonyl (C=O) groups excluding carboxylic acids is 1. The van der Waals surface area contributed by atoms with Crippen LogP contribution in [0, 0.1) is 0 Å². The second-order valence-corrected chi connectivity index (χ2v) is 6.44. The topological polar surface area (TPSA) is 78.9 Å². The molecule has 0 bridgehead atoms. The largest absolute Gasteiger partial charge is 0.496 e. The zero-order valence-electron chi connectivity index (χ0n) is 15.7. The fourth-order valence-electron chi connectivity index (χ4n) is 2.87. The van der Waals surface area contributed by atoms with E-state index in [0.29, 0.717) is 19.4 Å². The molecule has 0 aliphatic rings. The Morgan fingerprint density at radius 2 is 1.78 bits per heavy atom. The number of carboxylic acid groups (broad SMARTS) is 1. The van der Waals surface area contributed by atoms with Gasteiger partial charge in [-0.3, -0.25) is 4.79 Å². The highest BCUT2D eigenvalue weighted by Crippen LogP contribution is 2.19. The maximum atomic E-state index is 12.6. The van der Waals surface area contributed by atoms with Crippen molar-refractivity contribution in [2.75, 3.05) is 14.2 Å². The molecule has 2 amide bonds. The van der Waals surface area contributed by atoms with Crippen molar-refractivity contribution in [1.82, 2.24) is 10.2 Å². The number of urea groups is 1. The first kappa shape index (κ1) is 20.3. The average molecular weight is 370 g/mol. The summed E-state index contributed by atoms with van der Waals surface area (Å²) in [6.07, 6.45) is 0.967. The van der Waals surface area contributed by atoms with Gasteiger partial charge in [-0.05, 0) is 24.5 Å². The normalized spacial score (nSPS) is 11.5. The van der Waals surface area contributed by atoms with Gasteiger partial charge >= 0.3 is 12.0 Å². The Balaban J connectivity index is 2.01. The Morgan fingerprint density at radius 1 is 1.11 bits per heavy atom. The van der Waals surface area contributed by atoms with Crippen molar-refractivity contribution in [2.45, 2.75) is 31.8 Å². The van der Waals surface area contributed by atoms with Gasteiger partial charge in [0, 0.05) is 25.1 Å². The number of rotatable bonds is 9. The molecule has 2 aromatic carbocycles. The number of hydrogen-bond acceptors (Lipinski definition) is 3. The molecular weight excluding hydrogens is 344 g/mol. The third kappa shape index (κ3) is 6.66. The predicted molar refractivity (Wildman–Crippen MR) is 104 cm³/mol. The minimum Gasteiger partial charge on any atom is -0.496 e. The summed E-state index contributed by atoms with van der Waals surface area (Å²) in [5.74, 6) is -0.145. The van der Waals surface area contributed by atoms with E-state index in [-0.39, 0.29) is 18.5 Å². The van der Waals surface area contributed by atoms with Crippen molar-refractivity contribution in [1.29, 1.82) is 0 Å². The van der Waals surface area contributed by atoms with Crippen molar-refractivity contribution in [2.24, 2.45) is 0 Å². The highest BCUT2D eigenvalue weighted by Gasteiger charge is 2.18. The number of benzene rings is 2. The van der Waals surface area contributed by atoms with Crippen LogP contribution in [0.4, 0.5) is 4.79 Å². The Morgan fingerprint density at radius 3 is 2.44 bits per heavy atom. The number of carboxylic acids is 1. The molecule has 2 N–H and O–H groups in total. The lowest BCUT2D eigenvalue weighted by atomic mass is 10.0. The summed E-state index contributed by atoms with van der Waals surface area (Å²) in [5, 5.41) is 11.9. The molecule has 6 nitrogen and oxygen atoms in total. The van der Waals surface area contributed by atoms with Crippen LogP contribution in [0.25, 0.3) is 0 Å². The minimum atomic E-state index is -0.871. The van der Waals surface area contributed by atoms with Gasteiger partial charge in [-0.1, -0.05) is 48.5 Å². The van der Waals surface area contributed by atoms with Crippen LogP contribution in [0.3, 0.4) is 0 Å². The minimum absolute atomic E-state index is 0.00794. The molecule has 0 heterocycles. The number of amides is 2. The Kier molecular flexibility index (Phi) is 7.67. The molecule has 0 spiro atoms. The number of nitrogens with one attached hydrogen (secondary N) is 1. The van der Waals surface area contributed by atoms with E-state index in [0.717, 1.165) is 16.9 Å². The smallest absolute Gasteiger partial charge is 0.317 e. The number of para-hydroxylation sites is 1. The van der Waals surface area contributed by atoms with Gasteiger partial charge in [0.1, 0.15) is 5.75 Å². The monoisotopic (exact) mass is 370 g/mol. The van der Waals surface area contributed by atoms with Crippen LogP contribution >= 0.6 is 0 Å². The SMILES string of the molecule is COc1ccccc1CN(C)C(=O)NC(CCC(=O)O)Cc1ccccc1. The van der Waals surface area contributed by atoms with E-state index < -0.39 is 5.97 Å². The molecule has 1 atom stereocenters. The molecule has 0 fully saturated rings. The Labute approximate surface area is 159 Å². The van der Waals surface area contributed by atoms with Gasteiger partial charge in [0.2, 0.25) is 0 Å². The fourth-order valence-corrected chi connectivity index (χ4v) is 2.87. The Bertz CT molecular complexity index is 749. The number of carbonyl (C=O) groups is 2. The third-order valence-electron chi connectivity index (χ3n) is 4.31. The lowest BCUT2D eigenvalue weighted by Gasteiger charge is -2.24. The van der Waals surface area contributed by atoms with Gasteiger partial charge in [-0.25, -0.2) is 4.79 Å². The van der Waals surface area contributed by atoms with Crippen LogP contribution in [-0.4, -0.2) is 42.2 Å². The van der Waals surface area contributed by atoms with Crippen molar-refractivity contribution >= 4 is 12.0 Å². The molecule has 0 radical (unpaired) electrons. The molecule has 0 saturated heterocycles. The third-order valence-corrected chi connectivity index (χ3v) is 4.31. The van der Waals surface area contributed by atoms with Crippen molar-refractivity contribution in [3.8, 4) is 5.75 Å². The predicted octanol–water partition coefficient (Wildman–Crippen LogP) is 3.31. The second-order valence-electron chi connectivity index (χ2n) is 6.44. The summed E-state index contributed by atoms with van der Waals surface area (Å²) in [7, 11) is 3.30. The zero-order valence-corrected chi connectivity index (χ0v) is 15.7. The van der Waals surface area contributed by atoms with Crippen LogP contribution in [0.5, 0.6) is 5.75 Å². The van der Waals surface area contributed by atoms with E-state index in [4.69, 9.17) is 9.84 Å². The molecule has 0 aromatic heterocycles. The fraction of sp³-hybridized carbons (Fsp3) is 0.333. The van der Waals surface area contributed by atoms with Gasteiger partial charge in [-0.2, -0.15) is 0 Å². The summed E-state index contributed by atoms with van der Waals surface area (Å²) in [4.78, 5) is 25.1. The van der Waals surface area contributed by atoms with Crippen LogP contribution in [0.2, 0.25) is 0 Å². The maximum absolute atomic E-state index is 12.6. The van der Waals surface area contributed by atoms with Crippen molar-refractivity contribution < 1.29 is 19.4 Å². The summed E-state index contributed by atoms with van der Waals surface area (Å²) in [6.45, 7) is 0.396. The van der Waals surface area contributed by atoms with Gasteiger partial charge in [0.25, 0.3) is 0 Å². The average Bonchev–Trinajstić information content (AvgIpc) is 2.67. The van der Waals surface area contributed by atoms with Gasteiger partial charge < -0.3 is 20.1 Å². The number of ether oxygens (including phenoxy) is 1. The first-order valence-electron chi connectivity index (χ1n) is 8.89. The summed E-state index contributed by atoms with van der Waals surface area (Å²) in [6, 6.07) is 16.8. The second kappa shape index (κ2) is 10.2. The van der Waals surface area contributed by atoms with Gasteiger partial charge in [0.05, 0.1) is 13.7 Å². The zero-order chi connectivity index (χ0) is 19.6. The van der Waals surface area contributed by atoms with E-state index in [2.05, 4.69) is 5.32 Å². The molecule has 144 valence electrons. The molecule has 27 heavy (non-hydrogen) atoms.